The van der Waals surface area contributed by atoms with Crippen LogP contribution in [-0.2, 0) is 6.42 Å². The molecule has 116 valence electrons. The van der Waals surface area contributed by atoms with Crippen LogP contribution in [-0.4, -0.2) is 18.1 Å². The molecule has 0 bridgehead atoms. The zero-order valence-corrected chi connectivity index (χ0v) is 13.1. The van der Waals surface area contributed by atoms with Crippen molar-refractivity contribution < 1.29 is 4.79 Å². The first kappa shape index (κ1) is 15.9. The van der Waals surface area contributed by atoms with Crippen molar-refractivity contribution >= 4 is 6.03 Å². The van der Waals surface area contributed by atoms with Crippen LogP contribution >= 0.6 is 0 Å². The molecule has 1 aliphatic rings. The average Bonchev–Trinajstić information content (AvgIpc) is 2.75. The summed E-state index contributed by atoms with van der Waals surface area (Å²) >= 11 is 0. The Balaban J connectivity index is 1.66. The molecule has 2 amide bonds. The van der Waals surface area contributed by atoms with E-state index in [-0.39, 0.29) is 12.1 Å². The van der Waals surface area contributed by atoms with Gasteiger partial charge in [0, 0.05) is 12.1 Å². The molecular weight excluding hydrogens is 260 g/mol. The molecular formula is C18H28N2O. The lowest BCUT2D eigenvalue weighted by atomic mass is 10.1. The van der Waals surface area contributed by atoms with Crippen LogP contribution in [0.25, 0.3) is 0 Å². The quantitative estimate of drug-likeness (QED) is 0.789. The van der Waals surface area contributed by atoms with E-state index in [1.807, 2.05) is 6.07 Å². The van der Waals surface area contributed by atoms with Gasteiger partial charge >= 0.3 is 6.03 Å². The highest BCUT2D eigenvalue weighted by Gasteiger charge is 2.15. The van der Waals surface area contributed by atoms with Crippen molar-refractivity contribution in [1.29, 1.82) is 0 Å². The number of nitrogens with one attached hydrogen (secondary N) is 2. The second kappa shape index (κ2) is 8.71. The first-order valence-electron chi connectivity index (χ1n) is 8.35. The molecule has 0 aliphatic heterocycles. The van der Waals surface area contributed by atoms with Gasteiger partial charge in [-0.1, -0.05) is 56.0 Å². The fourth-order valence-corrected chi connectivity index (χ4v) is 2.97. The Labute approximate surface area is 128 Å². The van der Waals surface area contributed by atoms with E-state index in [4.69, 9.17) is 0 Å². The van der Waals surface area contributed by atoms with E-state index in [1.165, 1.54) is 31.2 Å². The normalized spacial score (nSPS) is 17.8. The van der Waals surface area contributed by atoms with Crippen LogP contribution in [0.3, 0.4) is 0 Å². The van der Waals surface area contributed by atoms with Crippen LogP contribution in [0, 0.1) is 0 Å². The highest BCUT2D eigenvalue weighted by molar-refractivity contribution is 5.74. The third-order valence-electron chi connectivity index (χ3n) is 4.28. The van der Waals surface area contributed by atoms with Gasteiger partial charge in [0.15, 0.2) is 0 Å². The molecule has 21 heavy (non-hydrogen) atoms. The fourth-order valence-electron chi connectivity index (χ4n) is 2.97. The van der Waals surface area contributed by atoms with Crippen molar-refractivity contribution in [2.24, 2.45) is 0 Å². The lowest BCUT2D eigenvalue weighted by Gasteiger charge is -2.19. The van der Waals surface area contributed by atoms with Crippen LogP contribution in [0.2, 0.25) is 0 Å². The number of carbonyl (C=O) groups excluding carboxylic acids is 1. The first-order chi connectivity index (χ1) is 10.2. The molecule has 0 unspecified atom stereocenters. The Bertz CT molecular complexity index is 410. The Hall–Kier alpha value is -1.51. The van der Waals surface area contributed by atoms with Crippen molar-refractivity contribution in [3.05, 3.63) is 35.9 Å². The Kier molecular flexibility index (Phi) is 6.58. The van der Waals surface area contributed by atoms with Crippen LogP contribution in [0.5, 0.6) is 0 Å². The van der Waals surface area contributed by atoms with E-state index < -0.39 is 0 Å². The summed E-state index contributed by atoms with van der Waals surface area (Å²) in [5.74, 6) is 0. The minimum atomic E-state index is 0.00228. The van der Waals surface area contributed by atoms with Gasteiger partial charge in [-0.15, -0.1) is 0 Å². The monoisotopic (exact) mass is 288 g/mol. The van der Waals surface area contributed by atoms with Gasteiger partial charge in [0.1, 0.15) is 0 Å². The SMILES string of the molecule is C[C@H](CCc1ccccc1)NC(=O)NC1CCCCCC1. The third-order valence-corrected chi connectivity index (χ3v) is 4.28. The molecule has 1 saturated carbocycles. The molecule has 2 rings (SSSR count). The number of aryl methyl sites for hydroxylation is 1. The van der Waals surface area contributed by atoms with E-state index in [1.54, 1.807) is 0 Å². The zero-order chi connectivity index (χ0) is 14.9. The Morgan fingerprint density at radius 3 is 2.48 bits per heavy atom. The minimum Gasteiger partial charge on any atom is -0.336 e. The summed E-state index contributed by atoms with van der Waals surface area (Å²) in [6, 6.07) is 11.0. The van der Waals surface area contributed by atoms with Gasteiger partial charge in [0.25, 0.3) is 0 Å². The van der Waals surface area contributed by atoms with Crippen LogP contribution in [0.15, 0.2) is 30.3 Å². The van der Waals surface area contributed by atoms with E-state index in [9.17, 15) is 4.79 Å². The maximum Gasteiger partial charge on any atom is 0.315 e. The lowest BCUT2D eigenvalue weighted by molar-refractivity contribution is 0.232. The second-order valence-corrected chi connectivity index (χ2v) is 6.23. The molecule has 1 atom stereocenters. The second-order valence-electron chi connectivity index (χ2n) is 6.23. The van der Waals surface area contributed by atoms with Gasteiger partial charge in [-0.25, -0.2) is 4.79 Å². The first-order valence-corrected chi connectivity index (χ1v) is 8.35. The number of amides is 2. The van der Waals surface area contributed by atoms with Crippen LogP contribution < -0.4 is 10.6 Å². The van der Waals surface area contributed by atoms with Gasteiger partial charge in [0.05, 0.1) is 0 Å². The molecule has 3 nitrogen and oxygen atoms in total. The topological polar surface area (TPSA) is 41.1 Å². The average molecular weight is 288 g/mol. The Morgan fingerprint density at radius 2 is 1.81 bits per heavy atom. The number of rotatable bonds is 5. The van der Waals surface area contributed by atoms with Crippen LogP contribution in [0.1, 0.15) is 57.4 Å². The zero-order valence-electron chi connectivity index (χ0n) is 13.1. The molecule has 0 spiro atoms. The van der Waals surface area contributed by atoms with Crippen LogP contribution in [0.4, 0.5) is 4.79 Å². The molecule has 3 heteroatoms. The van der Waals surface area contributed by atoms with E-state index >= 15 is 0 Å². The number of urea groups is 1. The number of carbonyl (C=O) groups is 1. The molecule has 1 aliphatic carbocycles. The van der Waals surface area contributed by atoms with Crippen molar-refractivity contribution in [2.45, 2.75) is 70.4 Å². The highest BCUT2D eigenvalue weighted by Crippen LogP contribution is 2.17. The van der Waals surface area contributed by atoms with E-state index in [2.05, 4.69) is 41.8 Å². The summed E-state index contributed by atoms with van der Waals surface area (Å²) in [6.07, 6.45) is 9.36. The summed E-state index contributed by atoms with van der Waals surface area (Å²) in [7, 11) is 0. The lowest BCUT2D eigenvalue weighted by Crippen LogP contribution is -2.45. The summed E-state index contributed by atoms with van der Waals surface area (Å²) in [4.78, 5) is 12.0. The molecule has 1 fully saturated rings. The van der Waals surface area contributed by atoms with E-state index in [0.29, 0.717) is 6.04 Å². The predicted molar refractivity (Wildman–Crippen MR) is 87.4 cm³/mol. The van der Waals surface area contributed by atoms with Crippen molar-refractivity contribution in [1.82, 2.24) is 10.6 Å². The molecule has 0 radical (unpaired) electrons. The summed E-state index contributed by atoms with van der Waals surface area (Å²) in [6.45, 7) is 2.08. The fraction of sp³-hybridized carbons (Fsp3) is 0.611. The molecule has 1 aromatic carbocycles. The van der Waals surface area contributed by atoms with Gasteiger partial charge in [0.2, 0.25) is 0 Å². The molecule has 0 saturated heterocycles. The third kappa shape index (κ3) is 6.19. The molecule has 0 aromatic heterocycles. The number of hydrogen-bond acceptors (Lipinski definition) is 1. The number of benzene rings is 1. The van der Waals surface area contributed by atoms with Gasteiger partial charge < -0.3 is 10.6 Å². The minimum absolute atomic E-state index is 0.00228. The van der Waals surface area contributed by atoms with Gasteiger partial charge in [-0.3, -0.25) is 0 Å². The maximum atomic E-state index is 12.0. The predicted octanol–water partition coefficient (Wildman–Crippen LogP) is 4.03. The number of hydrogen-bond donors (Lipinski definition) is 2. The van der Waals surface area contributed by atoms with E-state index in [0.717, 1.165) is 25.7 Å². The Morgan fingerprint density at radius 1 is 1.14 bits per heavy atom. The van der Waals surface area contributed by atoms with Crippen molar-refractivity contribution in [3.63, 3.8) is 0 Å². The van der Waals surface area contributed by atoms with Gasteiger partial charge in [-0.2, -0.15) is 0 Å². The largest absolute Gasteiger partial charge is 0.336 e. The highest BCUT2D eigenvalue weighted by atomic mass is 16.2. The van der Waals surface area contributed by atoms with Crippen molar-refractivity contribution in [3.8, 4) is 0 Å². The molecule has 1 aromatic rings. The smallest absolute Gasteiger partial charge is 0.315 e. The maximum absolute atomic E-state index is 12.0. The summed E-state index contributed by atoms with van der Waals surface area (Å²) in [5, 5.41) is 6.21. The molecule has 0 heterocycles. The standard InChI is InChI=1S/C18H28N2O/c1-15(13-14-16-9-5-4-6-10-16)19-18(21)20-17-11-7-2-3-8-12-17/h4-6,9-10,15,17H,2-3,7-8,11-14H2,1H3,(H2,19,20,21)/t15-/m1/s1. The summed E-state index contributed by atoms with van der Waals surface area (Å²) in [5.41, 5.74) is 1.33. The summed E-state index contributed by atoms with van der Waals surface area (Å²) < 4.78 is 0. The van der Waals surface area contributed by atoms with Crippen molar-refractivity contribution in [2.75, 3.05) is 0 Å². The van der Waals surface area contributed by atoms with Gasteiger partial charge in [-0.05, 0) is 38.2 Å². The molecule has 2 N–H and O–H groups in total.